The second kappa shape index (κ2) is 7.11. The van der Waals surface area contributed by atoms with Gasteiger partial charge in [-0.15, -0.1) is 0 Å². The SMILES string of the molecule is CCOC(=O)c1cnc(Nc2cccc(C(F)(F)F)c2)c2c1C1CCC2CC1. The van der Waals surface area contributed by atoms with Gasteiger partial charge in [-0.1, -0.05) is 6.07 Å². The average Bonchev–Trinajstić information content (AvgIpc) is 2.69. The minimum atomic E-state index is -4.41. The Morgan fingerprint density at radius 2 is 1.86 bits per heavy atom. The maximum absolute atomic E-state index is 13.0. The van der Waals surface area contributed by atoms with Crippen molar-refractivity contribution in [3.63, 3.8) is 0 Å². The van der Waals surface area contributed by atoms with Crippen LogP contribution in [0.4, 0.5) is 24.7 Å². The number of esters is 1. The molecule has 4 nitrogen and oxygen atoms in total. The highest BCUT2D eigenvalue weighted by atomic mass is 19.4. The number of rotatable bonds is 4. The summed E-state index contributed by atoms with van der Waals surface area (Å²) in [5.74, 6) is 0.681. The van der Waals surface area contributed by atoms with Crippen LogP contribution >= 0.6 is 0 Å². The number of alkyl halides is 3. The molecule has 148 valence electrons. The molecule has 3 aliphatic carbocycles. The number of fused-ring (bicyclic) bond motifs is 2. The van der Waals surface area contributed by atoms with Gasteiger partial charge in [0.1, 0.15) is 5.82 Å². The summed E-state index contributed by atoms with van der Waals surface area (Å²) in [7, 11) is 0. The molecule has 5 rings (SSSR count). The van der Waals surface area contributed by atoms with Crippen LogP contribution in [0.15, 0.2) is 30.5 Å². The zero-order chi connectivity index (χ0) is 19.9. The van der Waals surface area contributed by atoms with Gasteiger partial charge in [-0.3, -0.25) is 0 Å². The summed E-state index contributed by atoms with van der Waals surface area (Å²) < 4.78 is 44.3. The largest absolute Gasteiger partial charge is 0.462 e. The third-order valence-corrected chi connectivity index (χ3v) is 5.65. The Balaban J connectivity index is 1.75. The molecule has 1 fully saturated rings. The number of hydrogen-bond acceptors (Lipinski definition) is 4. The first kappa shape index (κ1) is 18.8. The molecule has 28 heavy (non-hydrogen) atoms. The average molecular weight is 390 g/mol. The van der Waals surface area contributed by atoms with Crippen LogP contribution in [0.3, 0.4) is 0 Å². The number of pyridine rings is 1. The molecule has 2 bridgehead atoms. The van der Waals surface area contributed by atoms with Gasteiger partial charge >= 0.3 is 12.1 Å². The van der Waals surface area contributed by atoms with Crippen LogP contribution in [-0.2, 0) is 10.9 Å². The first-order chi connectivity index (χ1) is 13.4. The van der Waals surface area contributed by atoms with Crippen LogP contribution in [-0.4, -0.2) is 17.6 Å². The van der Waals surface area contributed by atoms with Crippen molar-refractivity contribution in [2.45, 2.75) is 50.6 Å². The number of carbonyl (C=O) groups is 1. The highest BCUT2D eigenvalue weighted by Gasteiger charge is 2.38. The Morgan fingerprint density at radius 3 is 2.50 bits per heavy atom. The molecule has 0 radical (unpaired) electrons. The molecule has 1 saturated carbocycles. The van der Waals surface area contributed by atoms with E-state index in [2.05, 4.69) is 10.3 Å². The smallest absolute Gasteiger partial charge is 0.416 e. The molecule has 0 atom stereocenters. The first-order valence-corrected chi connectivity index (χ1v) is 9.52. The summed E-state index contributed by atoms with van der Waals surface area (Å²) in [6, 6.07) is 5.08. The van der Waals surface area contributed by atoms with Crippen molar-refractivity contribution in [2.75, 3.05) is 11.9 Å². The summed E-state index contributed by atoms with van der Waals surface area (Å²) in [5, 5.41) is 3.06. The third kappa shape index (κ3) is 3.34. The Hall–Kier alpha value is -2.57. The van der Waals surface area contributed by atoms with Crippen molar-refractivity contribution < 1.29 is 22.7 Å². The molecule has 3 aliphatic rings. The molecule has 0 unspecified atom stereocenters. The molecule has 1 aromatic heterocycles. The standard InChI is InChI=1S/C21H21F3N2O2/c1-2-28-20(27)16-11-25-19(18-13-8-6-12(7-9-13)17(16)18)26-15-5-3-4-14(10-15)21(22,23)24/h3-5,10-13H,2,6-9H2,1H3,(H,25,26). The van der Waals surface area contributed by atoms with Crippen LogP contribution in [0.1, 0.15) is 71.5 Å². The van der Waals surface area contributed by atoms with Crippen molar-refractivity contribution >= 4 is 17.5 Å². The number of nitrogens with one attached hydrogen (secondary N) is 1. The van der Waals surface area contributed by atoms with Crippen LogP contribution < -0.4 is 5.32 Å². The fourth-order valence-electron chi connectivity index (χ4n) is 4.45. The lowest BCUT2D eigenvalue weighted by Crippen LogP contribution is -2.26. The van der Waals surface area contributed by atoms with E-state index in [0.717, 1.165) is 48.9 Å². The van der Waals surface area contributed by atoms with Gasteiger partial charge in [0.15, 0.2) is 0 Å². The lowest BCUT2D eigenvalue weighted by Gasteiger charge is -2.40. The van der Waals surface area contributed by atoms with E-state index in [1.165, 1.54) is 12.3 Å². The van der Waals surface area contributed by atoms with E-state index in [4.69, 9.17) is 4.74 Å². The van der Waals surface area contributed by atoms with Gasteiger partial charge in [-0.05, 0) is 68.2 Å². The van der Waals surface area contributed by atoms with Crippen molar-refractivity contribution in [1.29, 1.82) is 0 Å². The van der Waals surface area contributed by atoms with Gasteiger partial charge in [0.2, 0.25) is 0 Å². The topological polar surface area (TPSA) is 51.2 Å². The zero-order valence-corrected chi connectivity index (χ0v) is 15.5. The summed E-state index contributed by atoms with van der Waals surface area (Å²) in [6.07, 6.45) is 1.12. The van der Waals surface area contributed by atoms with E-state index >= 15 is 0 Å². The summed E-state index contributed by atoms with van der Waals surface area (Å²) in [4.78, 5) is 16.8. The molecule has 1 N–H and O–H groups in total. The van der Waals surface area contributed by atoms with E-state index in [9.17, 15) is 18.0 Å². The van der Waals surface area contributed by atoms with Crippen molar-refractivity contribution in [1.82, 2.24) is 4.98 Å². The van der Waals surface area contributed by atoms with E-state index in [0.29, 0.717) is 17.1 Å². The molecule has 0 amide bonds. The number of hydrogen-bond donors (Lipinski definition) is 1. The molecular formula is C21H21F3N2O2. The second-order valence-electron chi connectivity index (χ2n) is 7.32. The fraction of sp³-hybridized carbons (Fsp3) is 0.429. The Bertz CT molecular complexity index is 903. The normalized spacial score (nSPS) is 20.6. The van der Waals surface area contributed by atoms with Gasteiger partial charge in [0.05, 0.1) is 17.7 Å². The summed E-state index contributed by atoms with van der Waals surface area (Å²) >= 11 is 0. The molecular weight excluding hydrogens is 369 g/mol. The highest BCUT2D eigenvalue weighted by molar-refractivity contribution is 5.92. The number of benzene rings is 1. The number of carbonyl (C=O) groups excluding carboxylic acids is 1. The summed E-state index contributed by atoms with van der Waals surface area (Å²) in [6.45, 7) is 2.04. The minimum absolute atomic E-state index is 0.259. The van der Waals surface area contributed by atoms with Crippen LogP contribution in [0.5, 0.6) is 0 Å². The predicted octanol–water partition coefficient (Wildman–Crippen LogP) is 5.78. The molecule has 1 heterocycles. The lowest BCUT2D eigenvalue weighted by atomic mass is 9.66. The van der Waals surface area contributed by atoms with Crippen LogP contribution in [0, 0.1) is 0 Å². The lowest BCUT2D eigenvalue weighted by molar-refractivity contribution is -0.137. The monoisotopic (exact) mass is 390 g/mol. The second-order valence-corrected chi connectivity index (χ2v) is 7.32. The minimum Gasteiger partial charge on any atom is -0.462 e. The molecule has 0 aliphatic heterocycles. The van der Waals surface area contributed by atoms with E-state index in [1.54, 1.807) is 13.0 Å². The van der Waals surface area contributed by atoms with Crippen LogP contribution in [0.2, 0.25) is 0 Å². The van der Waals surface area contributed by atoms with E-state index in [1.807, 2.05) is 0 Å². The van der Waals surface area contributed by atoms with Gasteiger partial charge in [-0.2, -0.15) is 13.2 Å². The fourth-order valence-corrected chi connectivity index (χ4v) is 4.45. The van der Waals surface area contributed by atoms with Gasteiger partial charge in [0, 0.05) is 17.4 Å². The van der Waals surface area contributed by atoms with Gasteiger partial charge in [-0.25, -0.2) is 9.78 Å². The highest BCUT2D eigenvalue weighted by Crippen LogP contribution is 2.52. The zero-order valence-electron chi connectivity index (χ0n) is 15.5. The molecule has 0 saturated heterocycles. The maximum atomic E-state index is 13.0. The predicted molar refractivity (Wildman–Crippen MR) is 98.9 cm³/mol. The molecule has 2 aromatic rings. The molecule has 0 spiro atoms. The number of nitrogens with zero attached hydrogens (tertiary/aromatic N) is 1. The van der Waals surface area contributed by atoms with Crippen molar-refractivity contribution in [3.8, 4) is 0 Å². The summed E-state index contributed by atoms with van der Waals surface area (Å²) in [5.41, 5.74) is 2.03. The Kier molecular flexibility index (Phi) is 4.77. The molecule has 7 heteroatoms. The van der Waals surface area contributed by atoms with Crippen molar-refractivity contribution in [2.24, 2.45) is 0 Å². The quantitative estimate of drug-likeness (QED) is 0.673. The van der Waals surface area contributed by atoms with E-state index in [-0.39, 0.29) is 24.4 Å². The number of anilines is 2. The van der Waals surface area contributed by atoms with Gasteiger partial charge < -0.3 is 10.1 Å². The van der Waals surface area contributed by atoms with Crippen molar-refractivity contribution in [3.05, 3.63) is 52.7 Å². The third-order valence-electron chi connectivity index (χ3n) is 5.65. The number of halogens is 3. The maximum Gasteiger partial charge on any atom is 0.416 e. The number of ether oxygens (including phenoxy) is 1. The van der Waals surface area contributed by atoms with E-state index < -0.39 is 11.7 Å². The van der Waals surface area contributed by atoms with Crippen LogP contribution in [0.25, 0.3) is 0 Å². The Labute approximate surface area is 161 Å². The Morgan fingerprint density at radius 1 is 1.18 bits per heavy atom. The molecule has 1 aromatic carbocycles. The van der Waals surface area contributed by atoms with Gasteiger partial charge in [0.25, 0.3) is 0 Å². The first-order valence-electron chi connectivity index (χ1n) is 9.52. The number of aromatic nitrogens is 1.